The van der Waals surface area contributed by atoms with Gasteiger partial charge in [0.05, 0.1) is 5.92 Å². The monoisotopic (exact) mass is 222 g/mol. The summed E-state index contributed by atoms with van der Waals surface area (Å²) in [5.74, 6) is 0.784. The van der Waals surface area contributed by atoms with E-state index in [1.54, 1.807) is 0 Å². The van der Waals surface area contributed by atoms with E-state index >= 15 is 0 Å². The van der Waals surface area contributed by atoms with E-state index in [1.165, 1.54) is 0 Å². The van der Waals surface area contributed by atoms with Gasteiger partial charge in [-0.05, 0) is 12.3 Å². The van der Waals surface area contributed by atoms with E-state index in [9.17, 15) is 4.79 Å². The predicted molar refractivity (Wildman–Crippen MR) is 60.2 cm³/mol. The summed E-state index contributed by atoms with van der Waals surface area (Å²) in [6.45, 7) is 5.14. The van der Waals surface area contributed by atoms with Gasteiger partial charge in [-0.25, -0.2) is 4.98 Å². The molecule has 0 bridgehead atoms. The summed E-state index contributed by atoms with van der Waals surface area (Å²) in [4.78, 5) is 15.3. The molecule has 1 N–H and O–H groups in total. The van der Waals surface area contributed by atoms with Gasteiger partial charge in [0.1, 0.15) is 5.82 Å². The van der Waals surface area contributed by atoms with E-state index in [0.29, 0.717) is 12.3 Å². The summed E-state index contributed by atoms with van der Waals surface area (Å²) in [5, 5.41) is 8.99. The molecule has 0 amide bonds. The first-order valence-electron chi connectivity index (χ1n) is 5.84. The Morgan fingerprint density at radius 1 is 1.69 bits per heavy atom. The smallest absolute Gasteiger partial charge is 0.306 e. The summed E-state index contributed by atoms with van der Waals surface area (Å²) in [7, 11) is 0. The standard InChI is InChI=1S/C12H18N2O2/c1-8(2)5-11-13-7-10-6-9(12(15)16)3-4-14(10)11/h7-9H,3-6H2,1-2H3,(H,15,16). The molecule has 1 unspecified atom stereocenters. The van der Waals surface area contributed by atoms with Crippen LogP contribution in [0.1, 0.15) is 31.8 Å². The van der Waals surface area contributed by atoms with Gasteiger partial charge in [0.25, 0.3) is 0 Å². The van der Waals surface area contributed by atoms with Crippen LogP contribution in [-0.4, -0.2) is 20.6 Å². The number of carboxylic acid groups (broad SMARTS) is 1. The van der Waals surface area contributed by atoms with Crippen LogP contribution in [0.2, 0.25) is 0 Å². The highest BCUT2D eigenvalue weighted by Crippen LogP contribution is 2.23. The predicted octanol–water partition coefficient (Wildman–Crippen LogP) is 1.73. The van der Waals surface area contributed by atoms with Gasteiger partial charge < -0.3 is 9.67 Å². The van der Waals surface area contributed by atoms with Crippen molar-refractivity contribution in [2.75, 3.05) is 0 Å². The molecule has 16 heavy (non-hydrogen) atoms. The maximum absolute atomic E-state index is 10.9. The zero-order chi connectivity index (χ0) is 11.7. The second kappa shape index (κ2) is 4.28. The molecule has 1 aliphatic heterocycles. The van der Waals surface area contributed by atoms with Crippen LogP contribution >= 0.6 is 0 Å². The lowest BCUT2D eigenvalue weighted by Gasteiger charge is -2.22. The number of hydrogen-bond acceptors (Lipinski definition) is 2. The van der Waals surface area contributed by atoms with Crippen LogP contribution in [0.4, 0.5) is 0 Å². The Bertz CT molecular complexity index is 396. The Morgan fingerprint density at radius 3 is 3.06 bits per heavy atom. The maximum Gasteiger partial charge on any atom is 0.306 e. The normalized spacial score (nSPS) is 19.8. The Morgan fingerprint density at radius 2 is 2.44 bits per heavy atom. The van der Waals surface area contributed by atoms with Crippen molar-refractivity contribution in [3.8, 4) is 0 Å². The third-order valence-electron chi connectivity index (χ3n) is 3.12. The van der Waals surface area contributed by atoms with Gasteiger partial charge >= 0.3 is 5.97 Å². The molecule has 0 radical (unpaired) electrons. The minimum atomic E-state index is -0.683. The summed E-state index contributed by atoms with van der Waals surface area (Å²) in [6, 6.07) is 0. The maximum atomic E-state index is 10.9. The number of carbonyl (C=O) groups is 1. The van der Waals surface area contributed by atoms with Gasteiger partial charge in [0.2, 0.25) is 0 Å². The lowest BCUT2D eigenvalue weighted by Crippen LogP contribution is -2.26. The lowest BCUT2D eigenvalue weighted by atomic mass is 9.96. The first-order valence-corrected chi connectivity index (χ1v) is 5.84. The fourth-order valence-electron chi connectivity index (χ4n) is 2.27. The molecule has 0 aromatic carbocycles. The highest BCUT2D eigenvalue weighted by Gasteiger charge is 2.26. The highest BCUT2D eigenvalue weighted by atomic mass is 16.4. The largest absolute Gasteiger partial charge is 0.481 e. The quantitative estimate of drug-likeness (QED) is 0.847. The number of carboxylic acids is 1. The van der Waals surface area contributed by atoms with Crippen LogP contribution in [0.5, 0.6) is 0 Å². The fraction of sp³-hybridized carbons (Fsp3) is 0.667. The van der Waals surface area contributed by atoms with Crippen LogP contribution in [0.3, 0.4) is 0 Å². The molecule has 2 rings (SSSR count). The SMILES string of the molecule is CC(C)Cc1ncc2n1CCC(C(=O)O)C2. The third-order valence-corrected chi connectivity index (χ3v) is 3.12. The van der Waals surface area contributed by atoms with Crippen molar-refractivity contribution in [1.29, 1.82) is 0 Å². The van der Waals surface area contributed by atoms with Gasteiger partial charge in [0, 0.05) is 31.3 Å². The zero-order valence-corrected chi connectivity index (χ0v) is 9.81. The molecule has 2 heterocycles. The second-order valence-electron chi connectivity index (χ2n) is 4.94. The number of nitrogens with zero attached hydrogens (tertiary/aromatic N) is 2. The van der Waals surface area contributed by atoms with Gasteiger partial charge in [0.15, 0.2) is 0 Å². The van der Waals surface area contributed by atoms with Crippen LogP contribution in [-0.2, 0) is 24.2 Å². The zero-order valence-electron chi connectivity index (χ0n) is 9.81. The summed E-state index contributed by atoms with van der Waals surface area (Å²) >= 11 is 0. The number of fused-ring (bicyclic) bond motifs is 1. The number of imidazole rings is 1. The van der Waals surface area contributed by atoms with E-state index in [2.05, 4.69) is 23.4 Å². The molecular weight excluding hydrogens is 204 g/mol. The molecule has 0 spiro atoms. The second-order valence-corrected chi connectivity index (χ2v) is 4.94. The average molecular weight is 222 g/mol. The summed E-state index contributed by atoms with van der Waals surface area (Å²) in [6.07, 6.45) is 4.16. The molecule has 88 valence electrons. The van der Waals surface area contributed by atoms with Crippen molar-refractivity contribution < 1.29 is 9.90 Å². The minimum absolute atomic E-state index is 0.226. The summed E-state index contributed by atoms with van der Waals surface area (Å²) in [5.41, 5.74) is 1.08. The molecule has 0 aliphatic carbocycles. The molecule has 4 nitrogen and oxygen atoms in total. The van der Waals surface area contributed by atoms with E-state index < -0.39 is 5.97 Å². The van der Waals surface area contributed by atoms with Crippen LogP contribution in [0, 0.1) is 11.8 Å². The van der Waals surface area contributed by atoms with Crippen molar-refractivity contribution in [1.82, 2.24) is 9.55 Å². The van der Waals surface area contributed by atoms with Gasteiger partial charge in [-0.3, -0.25) is 4.79 Å². The van der Waals surface area contributed by atoms with Crippen LogP contribution in [0.25, 0.3) is 0 Å². The molecule has 1 aromatic rings. The molecule has 1 aromatic heterocycles. The molecule has 1 atom stereocenters. The number of hydrogen-bond donors (Lipinski definition) is 1. The van der Waals surface area contributed by atoms with Gasteiger partial charge in [-0.15, -0.1) is 0 Å². The van der Waals surface area contributed by atoms with Crippen molar-refractivity contribution in [3.05, 3.63) is 17.7 Å². The van der Waals surface area contributed by atoms with E-state index in [0.717, 1.165) is 30.9 Å². The summed E-state index contributed by atoms with van der Waals surface area (Å²) < 4.78 is 2.19. The van der Waals surface area contributed by atoms with E-state index in [-0.39, 0.29) is 5.92 Å². The van der Waals surface area contributed by atoms with Crippen molar-refractivity contribution in [2.45, 2.75) is 39.7 Å². The van der Waals surface area contributed by atoms with Crippen LogP contribution in [0.15, 0.2) is 6.20 Å². The number of aromatic nitrogens is 2. The minimum Gasteiger partial charge on any atom is -0.481 e. The molecule has 0 saturated carbocycles. The first kappa shape index (κ1) is 11.2. The third kappa shape index (κ3) is 2.10. The Balaban J connectivity index is 2.17. The number of aliphatic carboxylic acids is 1. The first-order chi connectivity index (χ1) is 7.58. The Kier molecular flexibility index (Phi) is 2.99. The van der Waals surface area contributed by atoms with Crippen molar-refractivity contribution >= 4 is 5.97 Å². The van der Waals surface area contributed by atoms with E-state index in [4.69, 9.17) is 5.11 Å². The fourth-order valence-corrected chi connectivity index (χ4v) is 2.27. The highest BCUT2D eigenvalue weighted by molar-refractivity contribution is 5.70. The van der Waals surface area contributed by atoms with Crippen LogP contribution < -0.4 is 0 Å². The average Bonchev–Trinajstić information content (AvgIpc) is 2.60. The molecular formula is C12H18N2O2. The molecule has 4 heteroatoms. The van der Waals surface area contributed by atoms with Crippen molar-refractivity contribution in [2.24, 2.45) is 11.8 Å². The van der Waals surface area contributed by atoms with Crippen molar-refractivity contribution in [3.63, 3.8) is 0 Å². The lowest BCUT2D eigenvalue weighted by molar-refractivity contribution is -0.142. The molecule has 1 aliphatic rings. The van der Waals surface area contributed by atoms with Gasteiger partial charge in [-0.2, -0.15) is 0 Å². The molecule has 0 saturated heterocycles. The Hall–Kier alpha value is -1.32. The topological polar surface area (TPSA) is 55.1 Å². The number of rotatable bonds is 3. The Labute approximate surface area is 95.3 Å². The van der Waals surface area contributed by atoms with Gasteiger partial charge in [-0.1, -0.05) is 13.8 Å². The van der Waals surface area contributed by atoms with E-state index in [1.807, 2.05) is 6.20 Å². The molecule has 0 fully saturated rings.